The molecule has 1 heterocycles. The molecule has 0 aromatic carbocycles. The van der Waals surface area contributed by atoms with Gasteiger partial charge >= 0.3 is 0 Å². The molecule has 2 rings (SSSR count). The third-order valence-electron chi connectivity index (χ3n) is 4.45. The summed E-state index contributed by atoms with van der Waals surface area (Å²) < 4.78 is 0. The lowest BCUT2D eigenvalue weighted by Crippen LogP contribution is -2.21. The highest BCUT2D eigenvalue weighted by Crippen LogP contribution is 2.36. The molecule has 0 unspecified atom stereocenters. The molecule has 1 saturated carbocycles. The second-order valence-electron chi connectivity index (χ2n) is 5.99. The van der Waals surface area contributed by atoms with Crippen molar-refractivity contribution in [3.63, 3.8) is 0 Å². The Kier molecular flexibility index (Phi) is 4.07. The maximum atomic E-state index is 2.55. The molecule has 3 atom stereocenters. The van der Waals surface area contributed by atoms with Crippen LogP contribution >= 0.6 is 0 Å². The Hall–Kier alpha value is -0.0400. The van der Waals surface area contributed by atoms with Crippen LogP contribution in [0.3, 0.4) is 0 Å². The van der Waals surface area contributed by atoms with Crippen molar-refractivity contribution < 1.29 is 0 Å². The van der Waals surface area contributed by atoms with Crippen LogP contribution in [0.2, 0.25) is 0 Å². The van der Waals surface area contributed by atoms with Crippen LogP contribution in [0.25, 0.3) is 0 Å². The number of hydrogen-bond acceptors (Lipinski definition) is 1. The van der Waals surface area contributed by atoms with E-state index in [1.165, 1.54) is 58.2 Å². The van der Waals surface area contributed by atoms with E-state index in [9.17, 15) is 0 Å². The van der Waals surface area contributed by atoms with Gasteiger partial charge in [-0.25, -0.2) is 0 Å². The maximum absolute atomic E-state index is 2.55. The third kappa shape index (κ3) is 3.79. The zero-order chi connectivity index (χ0) is 10.7. The minimum Gasteiger partial charge on any atom is -0.301 e. The predicted molar refractivity (Wildman–Crippen MR) is 66.0 cm³/mol. The highest BCUT2D eigenvalue weighted by Gasteiger charge is 2.24. The van der Waals surface area contributed by atoms with Crippen LogP contribution in [0.1, 0.15) is 52.4 Å². The van der Waals surface area contributed by atoms with Crippen molar-refractivity contribution in [2.75, 3.05) is 19.6 Å². The Bertz CT molecular complexity index is 186. The molecule has 0 N–H and O–H groups in total. The first-order chi connectivity index (χ1) is 7.25. The zero-order valence-corrected chi connectivity index (χ0v) is 10.5. The molecule has 1 aliphatic heterocycles. The number of nitrogens with zero attached hydrogens (tertiary/aromatic N) is 1. The molecule has 1 saturated heterocycles. The van der Waals surface area contributed by atoms with E-state index in [0.717, 1.165) is 17.8 Å². The zero-order valence-electron chi connectivity index (χ0n) is 10.5. The first-order valence-corrected chi connectivity index (χ1v) is 6.98. The molecule has 0 spiro atoms. The summed E-state index contributed by atoms with van der Waals surface area (Å²) >= 11 is 0. The van der Waals surface area contributed by atoms with E-state index in [2.05, 4.69) is 18.7 Å². The molecule has 15 heavy (non-hydrogen) atoms. The van der Waals surface area contributed by atoms with Gasteiger partial charge in [0, 0.05) is 13.1 Å². The second kappa shape index (κ2) is 5.34. The van der Waals surface area contributed by atoms with E-state index in [1.807, 2.05) is 0 Å². The Balaban J connectivity index is 1.56. The quantitative estimate of drug-likeness (QED) is 0.494. The van der Waals surface area contributed by atoms with Crippen LogP contribution in [0.4, 0.5) is 0 Å². The van der Waals surface area contributed by atoms with Crippen molar-refractivity contribution in [3.05, 3.63) is 0 Å². The van der Waals surface area contributed by atoms with Crippen LogP contribution < -0.4 is 0 Å². The summed E-state index contributed by atoms with van der Waals surface area (Å²) in [6.45, 7) is 9.02. The average molecular weight is 209 g/mol. The fourth-order valence-electron chi connectivity index (χ4n) is 3.19. The van der Waals surface area contributed by atoms with Crippen molar-refractivity contribution in [2.24, 2.45) is 17.8 Å². The fourth-order valence-corrected chi connectivity index (χ4v) is 3.19. The molecule has 0 aromatic heterocycles. The number of hydrogen-bond donors (Lipinski definition) is 0. The molecule has 0 amide bonds. The monoisotopic (exact) mass is 209 g/mol. The van der Waals surface area contributed by atoms with Gasteiger partial charge in [-0.3, -0.25) is 0 Å². The molecule has 0 aromatic rings. The van der Waals surface area contributed by atoms with Crippen LogP contribution in [0, 0.1) is 17.8 Å². The summed E-state index contributed by atoms with van der Waals surface area (Å²) in [5, 5.41) is 0. The van der Waals surface area contributed by atoms with Crippen LogP contribution in [-0.2, 0) is 0 Å². The maximum Gasteiger partial charge on any atom is 0.0110 e. The second-order valence-corrected chi connectivity index (χ2v) is 5.99. The fraction of sp³-hybridized carbons (Fsp3) is 1.00. The molecular formula is C14H27N. The molecular weight excluding hydrogens is 182 g/mol. The molecule has 1 aliphatic carbocycles. The summed E-state index contributed by atoms with van der Waals surface area (Å²) in [4.78, 5) is 2.55. The number of unbranched alkanes of at least 4 members (excludes halogenated alkanes) is 1. The summed E-state index contributed by atoms with van der Waals surface area (Å²) in [5.41, 5.74) is 0. The Morgan fingerprint density at radius 2 is 1.87 bits per heavy atom. The van der Waals surface area contributed by atoms with Crippen molar-refractivity contribution in [3.8, 4) is 0 Å². The highest BCUT2D eigenvalue weighted by atomic mass is 15.2. The van der Waals surface area contributed by atoms with E-state index < -0.39 is 0 Å². The van der Waals surface area contributed by atoms with Gasteiger partial charge in [-0.1, -0.05) is 33.1 Å². The minimum absolute atomic E-state index is 0.994. The van der Waals surface area contributed by atoms with Gasteiger partial charge in [0.25, 0.3) is 0 Å². The van der Waals surface area contributed by atoms with Gasteiger partial charge in [-0.05, 0) is 43.6 Å². The van der Waals surface area contributed by atoms with Crippen molar-refractivity contribution in [1.82, 2.24) is 4.90 Å². The molecule has 1 nitrogen and oxygen atoms in total. The number of rotatable bonds is 5. The van der Waals surface area contributed by atoms with Crippen LogP contribution in [-0.4, -0.2) is 24.5 Å². The lowest BCUT2D eigenvalue weighted by Gasteiger charge is -2.32. The lowest BCUT2D eigenvalue weighted by atomic mass is 9.74. The van der Waals surface area contributed by atoms with E-state index in [0.29, 0.717) is 0 Å². The van der Waals surface area contributed by atoms with E-state index >= 15 is 0 Å². The third-order valence-corrected chi connectivity index (χ3v) is 4.45. The van der Waals surface area contributed by atoms with E-state index in [4.69, 9.17) is 0 Å². The van der Waals surface area contributed by atoms with Gasteiger partial charge in [0.2, 0.25) is 0 Å². The average Bonchev–Trinajstić information content (AvgIpc) is 2.99. The first kappa shape index (κ1) is 11.4. The summed E-state index contributed by atoms with van der Waals surface area (Å²) in [6.07, 6.45) is 8.89. The highest BCUT2D eigenvalue weighted by molar-refractivity contribution is 4.76. The normalized spacial score (nSPS) is 36.8. The van der Waals surface area contributed by atoms with Crippen LogP contribution in [0.5, 0.6) is 0 Å². The standard InChI is InChI=1S/C14H27N/c1-12-6-7-14(13(2)11-12)5-3-4-8-15-9-10-15/h12-14H,3-11H2,1-2H3/t12-,13-,14-/m1/s1. The predicted octanol–water partition coefficient (Wildman–Crippen LogP) is 3.54. The topological polar surface area (TPSA) is 3.01 Å². The first-order valence-electron chi connectivity index (χ1n) is 6.98. The summed E-state index contributed by atoms with van der Waals surface area (Å²) in [7, 11) is 0. The van der Waals surface area contributed by atoms with Crippen molar-refractivity contribution in [2.45, 2.75) is 52.4 Å². The smallest absolute Gasteiger partial charge is 0.0110 e. The Labute approximate surface area is 95.2 Å². The molecule has 1 heteroatoms. The van der Waals surface area contributed by atoms with Gasteiger partial charge in [-0.15, -0.1) is 0 Å². The van der Waals surface area contributed by atoms with Gasteiger partial charge < -0.3 is 4.90 Å². The molecule has 0 bridgehead atoms. The Morgan fingerprint density at radius 1 is 1.07 bits per heavy atom. The molecule has 2 aliphatic rings. The van der Waals surface area contributed by atoms with Crippen LogP contribution in [0.15, 0.2) is 0 Å². The largest absolute Gasteiger partial charge is 0.301 e. The van der Waals surface area contributed by atoms with Crippen molar-refractivity contribution >= 4 is 0 Å². The molecule has 2 fully saturated rings. The van der Waals surface area contributed by atoms with Gasteiger partial charge in [-0.2, -0.15) is 0 Å². The van der Waals surface area contributed by atoms with E-state index in [1.54, 1.807) is 0 Å². The van der Waals surface area contributed by atoms with Gasteiger partial charge in [0.15, 0.2) is 0 Å². The summed E-state index contributed by atoms with van der Waals surface area (Å²) in [5.74, 6) is 3.04. The van der Waals surface area contributed by atoms with E-state index in [-0.39, 0.29) is 0 Å². The SMILES string of the molecule is C[C@@H]1CC[C@@H](CCCCN2CC2)[C@H](C)C1. The minimum atomic E-state index is 0.994. The van der Waals surface area contributed by atoms with Crippen molar-refractivity contribution in [1.29, 1.82) is 0 Å². The molecule has 0 radical (unpaired) electrons. The Morgan fingerprint density at radius 3 is 2.53 bits per heavy atom. The van der Waals surface area contributed by atoms with Gasteiger partial charge in [0.1, 0.15) is 0 Å². The summed E-state index contributed by atoms with van der Waals surface area (Å²) in [6, 6.07) is 0. The lowest BCUT2D eigenvalue weighted by molar-refractivity contribution is 0.190. The van der Waals surface area contributed by atoms with Gasteiger partial charge in [0.05, 0.1) is 0 Å². The molecule has 88 valence electrons.